The lowest BCUT2D eigenvalue weighted by Gasteiger charge is -2.39. The van der Waals surface area contributed by atoms with Gasteiger partial charge in [-0.2, -0.15) is 0 Å². The van der Waals surface area contributed by atoms with E-state index >= 15 is 0 Å². The van der Waals surface area contributed by atoms with Crippen LogP contribution in [0.3, 0.4) is 0 Å². The number of aliphatic hydroxyl groups excluding tert-OH is 4. The van der Waals surface area contributed by atoms with Crippen LogP contribution in [0, 0.1) is 0 Å². The maximum atomic E-state index is 12.6. The number of aliphatic hydroxyl groups is 4. The van der Waals surface area contributed by atoms with E-state index in [1.807, 2.05) is 0 Å². The van der Waals surface area contributed by atoms with Gasteiger partial charge in [-0.25, -0.2) is 0 Å². The van der Waals surface area contributed by atoms with Crippen LogP contribution in [0.1, 0.15) is 0 Å². The molecule has 2 aromatic carbocycles. The van der Waals surface area contributed by atoms with Crippen LogP contribution in [0.2, 0.25) is 0 Å². The van der Waals surface area contributed by atoms with E-state index in [-0.39, 0.29) is 33.8 Å². The summed E-state index contributed by atoms with van der Waals surface area (Å²) in [5, 5.41) is 69.5. The van der Waals surface area contributed by atoms with E-state index in [9.17, 15) is 40.5 Å². The number of phenols is 3. The molecule has 0 radical (unpaired) electrons. The molecule has 1 fully saturated rings. The highest BCUT2D eigenvalue weighted by Crippen LogP contribution is 2.42. The lowest BCUT2D eigenvalue weighted by molar-refractivity contribution is -0.277. The molecule has 34 heavy (non-hydrogen) atoms. The van der Waals surface area contributed by atoms with Gasteiger partial charge in [0.1, 0.15) is 41.1 Å². The van der Waals surface area contributed by atoms with Crippen molar-refractivity contribution in [3.05, 3.63) is 40.6 Å². The summed E-state index contributed by atoms with van der Waals surface area (Å²) in [7, 11) is 1.22. The number of methoxy groups -OCH3 is 1. The molecule has 12 nitrogen and oxygen atoms in total. The van der Waals surface area contributed by atoms with E-state index in [0.717, 1.165) is 12.1 Å². The third-order valence-electron chi connectivity index (χ3n) is 5.47. The zero-order chi connectivity index (χ0) is 24.7. The van der Waals surface area contributed by atoms with Crippen molar-refractivity contribution in [1.82, 2.24) is 0 Å². The van der Waals surface area contributed by atoms with Crippen molar-refractivity contribution >= 4 is 11.0 Å². The van der Waals surface area contributed by atoms with Crippen LogP contribution in [0.4, 0.5) is 0 Å². The molecule has 4 rings (SSSR count). The van der Waals surface area contributed by atoms with E-state index in [1.54, 1.807) is 0 Å². The Kier molecular flexibility index (Phi) is 6.25. The lowest BCUT2D eigenvalue weighted by Crippen LogP contribution is -2.60. The Bertz CT molecular complexity index is 1270. The molecule has 0 spiro atoms. The Morgan fingerprint density at radius 2 is 1.71 bits per heavy atom. The number of phenolic OH excluding ortho intramolecular Hbond substituents is 3. The number of ether oxygens (including phenoxy) is 3. The number of fused-ring (bicyclic) bond motifs is 1. The second kappa shape index (κ2) is 9.00. The Hall–Kier alpha value is -3.55. The first-order valence-electron chi connectivity index (χ1n) is 10.0. The van der Waals surface area contributed by atoms with Crippen LogP contribution in [-0.4, -0.2) is 80.2 Å². The van der Waals surface area contributed by atoms with Crippen molar-refractivity contribution < 1.29 is 54.4 Å². The molecule has 2 unspecified atom stereocenters. The second-order valence-electron chi connectivity index (χ2n) is 7.62. The van der Waals surface area contributed by atoms with Crippen LogP contribution in [0.15, 0.2) is 39.5 Å². The van der Waals surface area contributed by atoms with Crippen molar-refractivity contribution in [2.45, 2.75) is 30.7 Å². The smallest absolute Gasteiger partial charge is 0.229 e. The fourth-order valence-corrected chi connectivity index (χ4v) is 3.67. The summed E-state index contributed by atoms with van der Waals surface area (Å²) >= 11 is 0. The summed E-state index contributed by atoms with van der Waals surface area (Å²) in [6, 6.07) is 6.05. The van der Waals surface area contributed by atoms with Crippen molar-refractivity contribution in [3.8, 4) is 40.1 Å². The number of benzene rings is 2. The maximum Gasteiger partial charge on any atom is 0.229 e. The predicted octanol–water partition coefficient (Wildman–Crippen LogP) is -0.236. The van der Waals surface area contributed by atoms with Gasteiger partial charge in [0.2, 0.25) is 12.0 Å². The summed E-state index contributed by atoms with van der Waals surface area (Å²) in [5.41, 5.74) is -0.528. The van der Waals surface area contributed by atoms with Gasteiger partial charge in [0.15, 0.2) is 28.4 Å². The Labute approximate surface area is 191 Å². The van der Waals surface area contributed by atoms with Gasteiger partial charge in [-0.15, -0.1) is 0 Å². The van der Waals surface area contributed by atoms with Crippen LogP contribution < -0.4 is 14.9 Å². The minimum atomic E-state index is -1.67. The predicted molar refractivity (Wildman–Crippen MR) is 114 cm³/mol. The summed E-state index contributed by atoms with van der Waals surface area (Å²) in [4.78, 5) is 12.6. The molecule has 12 heteroatoms. The number of rotatable bonds is 5. The average Bonchev–Trinajstić information content (AvgIpc) is 2.80. The van der Waals surface area contributed by atoms with Crippen molar-refractivity contribution in [3.63, 3.8) is 0 Å². The third kappa shape index (κ3) is 3.97. The summed E-state index contributed by atoms with van der Waals surface area (Å²) in [5.74, 6) is -1.92. The van der Waals surface area contributed by atoms with E-state index in [1.165, 1.54) is 25.3 Å². The van der Waals surface area contributed by atoms with Crippen molar-refractivity contribution in [2.75, 3.05) is 13.7 Å². The van der Waals surface area contributed by atoms with Gasteiger partial charge in [-0.05, 0) is 18.2 Å². The van der Waals surface area contributed by atoms with Gasteiger partial charge in [-0.1, -0.05) is 0 Å². The molecule has 1 aromatic heterocycles. The molecule has 0 saturated carbocycles. The van der Waals surface area contributed by atoms with Crippen LogP contribution in [-0.2, 0) is 4.74 Å². The first-order chi connectivity index (χ1) is 16.2. The normalized spacial score (nSPS) is 24.8. The van der Waals surface area contributed by atoms with Crippen molar-refractivity contribution in [2.24, 2.45) is 0 Å². The topological polar surface area (TPSA) is 200 Å². The first-order valence-corrected chi connectivity index (χ1v) is 10.0. The monoisotopic (exact) mass is 478 g/mol. The molecular formula is C22H22O12. The zero-order valence-corrected chi connectivity index (χ0v) is 17.7. The summed E-state index contributed by atoms with van der Waals surface area (Å²) < 4.78 is 21.2. The Balaban J connectivity index is 1.65. The standard InChI is InChI=1S/C22H22O12/c1-31-21-11(26)6-14-16(18(21)28)10(25)5-13(32-14)8-2-3-12(9(24)4-8)33-22-20(30)19(29)17(27)15(7-23)34-22/h2-6,15,17,19-20,22-24,26-30H,7H2,1H3/t15?,17-,19+,20?,22-/m1/s1. The molecule has 182 valence electrons. The minimum absolute atomic E-state index is 0.00356. The quantitative estimate of drug-likeness (QED) is 0.254. The molecule has 1 aliphatic heterocycles. The molecular weight excluding hydrogens is 456 g/mol. The lowest BCUT2D eigenvalue weighted by atomic mass is 9.99. The van der Waals surface area contributed by atoms with Gasteiger partial charge in [-0.3, -0.25) is 4.79 Å². The van der Waals surface area contributed by atoms with Gasteiger partial charge in [0.25, 0.3) is 0 Å². The number of hydrogen-bond donors (Lipinski definition) is 7. The van der Waals surface area contributed by atoms with Gasteiger partial charge in [0, 0.05) is 17.7 Å². The highest BCUT2D eigenvalue weighted by molar-refractivity contribution is 5.89. The summed E-state index contributed by atoms with van der Waals surface area (Å²) in [6.45, 7) is -0.645. The fourth-order valence-electron chi connectivity index (χ4n) is 3.67. The summed E-state index contributed by atoms with van der Waals surface area (Å²) in [6.07, 6.45) is -7.59. The molecule has 7 N–H and O–H groups in total. The van der Waals surface area contributed by atoms with Crippen LogP contribution >= 0.6 is 0 Å². The maximum absolute atomic E-state index is 12.6. The Morgan fingerprint density at radius 1 is 0.971 bits per heavy atom. The van der Waals surface area contributed by atoms with Crippen LogP contribution in [0.25, 0.3) is 22.3 Å². The molecule has 3 aromatic rings. The largest absolute Gasteiger partial charge is 0.504 e. The molecule has 1 aliphatic rings. The van der Waals surface area contributed by atoms with Gasteiger partial charge >= 0.3 is 0 Å². The Morgan fingerprint density at radius 3 is 2.35 bits per heavy atom. The molecule has 2 heterocycles. The SMILES string of the molecule is COc1c(O)cc2oc(-c3ccc(O[C@@H]4OC(CO)[C@@H](O)[C@H](O)C4O)c(O)c3)cc(=O)c2c1O. The fraction of sp³-hybridized carbons (Fsp3) is 0.318. The third-order valence-corrected chi connectivity index (χ3v) is 5.47. The van der Waals surface area contributed by atoms with Gasteiger partial charge in [0.05, 0.1) is 13.7 Å². The van der Waals surface area contributed by atoms with E-state index < -0.39 is 60.0 Å². The number of aromatic hydroxyl groups is 3. The van der Waals surface area contributed by atoms with Crippen LogP contribution in [0.5, 0.6) is 28.7 Å². The van der Waals surface area contributed by atoms with E-state index in [0.29, 0.717) is 0 Å². The van der Waals surface area contributed by atoms with E-state index in [2.05, 4.69) is 0 Å². The van der Waals surface area contributed by atoms with Gasteiger partial charge < -0.3 is 54.4 Å². The molecule has 5 atom stereocenters. The average molecular weight is 478 g/mol. The second-order valence-corrected chi connectivity index (χ2v) is 7.62. The molecule has 0 aliphatic carbocycles. The zero-order valence-electron chi connectivity index (χ0n) is 17.7. The molecule has 0 amide bonds. The minimum Gasteiger partial charge on any atom is -0.504 e. The van der Waals surface area contributed by atoms with E-state index in [4.69, 9.17) is 18.6 Å². The molecule has 1 saturated heterocycles. The van der Waals surface area contributed by atoms with Crippen molar-refractivity contribution in [1.29, 1.82) is 0 Å². The highest BCUT2D eigenvalue weighted by atomic mass is 16.7. The number of hydrogen-bond acceptors (Lipinski definition) is 12. The molecule has 0 bridgehead atoms. The highest BCUT2D eigenvalue weighted by Gasteiger charge is 2.44. The first kappa shape index (κ1) is 23.6.